The lowest BCUT2D eigenvalue weighted by molar-refractivity contribution is -0.139. The molecule has 0 fully saturated rings. The summed E-state index contributed by atoms with van der Waals surface area (Å²) >= 11 is 0. The molecule has 23 heteroatoms. The van der Waals surface area contributed by atoms with Gasteiger partial charge in [0.2, 0.25) is 0 Å². The standard InChI is InChI=1S/C15H17N.C14H10F6N2.C14H16N2.C13H14N2.C12H12N2O.C6H20N2OSi2.C6H8N2.4CH4/c1-10-4-5-13(8-11(10)2)14-6-7-15(16)12(3)9-14;15-13(16,17)11-5-7(21)1-3-9(11)10-4-2-8(22)6-12(10)14(18,19)20;1-9-7-11(15)3-5-13(9)14-6-4-12(16)8-10(14)2;14-12-5-1-10(2-6-12)9-11-3-7-13(15)8-4-11;13-9-1-5-11(6-2-9)15-12-7-3-10(14)4-8-12;1-10(2,5-7)9-11(3,4)6-8;7-5-1-2-6(8)4-3-5;;;;/h4-9H,16H2,1-3H3;1-6H,21-22H2;3-8H,15-16H2,1-2H3;1-8H,9,14-15H2;1-8H,13-14H2;5-8H2,1-4H3;1-4H,7-8H2;4*1H4. The van der Waals surface area contributed by atoms with Crippen LogP contribution in [-0.4, -0.2) is 29.0 Å². The van der Waals surface area contributed by atoms with Gasteiger partial charge in [0.25, 0.3) is 0 Å². The second kappa shape index (κ2) is 42.8. The monoisotopic (exact) mass is 1510 g/mol. The predicted octanol–water partition coefficient (Wildman–Crippen LogP) is 20.4. The molecule has 11 rings (SSSR count). The van der Waals surface area contributed by atoms with E-state index >= 15 is 0 Å². The van der Waals surface area contributed by atoms with Crippen LogP contribution in [0.15, 0.2) is 231 Å². The lowest BCUT2D eigenvalue weighted by Crippen LogP contribution is -2.53. The van der Waals surface area contributed by atoms with E-state index < -0.39 is 51.2 Å². The highest BCUT2D eigenvalue weighted by Gasteiger charge is 2.39. The van der Waals surface area contributed by atoms with E-state index in [1.54, 1.807) is 48.5 Å². The molecule has 0 radical (unpaired) electrons. The summed E-state index contributed by atoms with van der Waals surface area (Å²) in [7, 11) is -3.15. The summed E-state index contributed by atoms with van der Waals surface area (Å²) in [5, 5.41) is 0. The quantitative estimate of drug-likeness (QED) is 0.0325. The highest BCUT2D eigenvalue weighted by molar-refractivity contribution is 6.85. The summed E-state index contributed by atoms with van der Waals surface area (Å²) in [4.78, 5) is 0. The van der Waals surface area contributed by atoms with Crippen LogP contribution in [-0.2, 0) is 22.9 Å². The molecule has 15 nitrogen and oxygen atoms in total. The van der Waals surface area contributed by atoms with Crippen LogP contribution in [0.2, 0.25) is 26.2 Å². The molecule has 0 unspecified atom stereocenters. The first kappa shape index (κ1) is 93.9. The van der Waals surface area contributed by atoms with E-state index in [9.17, 15) is 26.3 Å². The molecule has 0 aliphatic carbocycles. The molecule has 0 aromatic heterocycles. The number of hydrogen-bond acceptors (Lipinski definition) is 15. The van der Waals surface area contributed by atoms with Crippen molar-refractivity contribution in [2.75, 3.05) is 75.4 Å². The summed E-state index contributed by atoms with van der Waals surface area (Å²) in [6.45, 7) is 19.0. The molecule has 26 N–H and O–H groups in total. The molecule has 0 aliphatic heterocycles. The number of ether oxygens (including phenoxy) is 1. The number of aryl methyl sites for hydroxylation is 5. The number of alkyl halides is 6. The Balaban J connectivity index is 0.000000630. The molecule has 107 heavy (non-hydrogen) atoms. The van der Waals surface area contributed by atoms with Crippen molar-refractivity contribution in [3.05, 3.63) is 281 Å². The molecular weight excluding hydrogens is 1390 g/mol. The fourth-order valence-corrected chi connectivity index (χ4v) is 16.5. The first-order valence-corrected chi connectivity index (χ1v) is 38.9. The van der Waals surface area contributed by atoms with Gasteiger partial charge in [0.15, 0.2) is 16.6 Å². The third-order valence-electron chi connectivity index (χ3n) is 15.7. The summed E-state index contributed by atoms with van der Waals surface area (Å²) in [5.74, 6) is 1.52. The average molecular weight is 1510 g/mol. The van der Waals surface area contributed by atoms with Gasteiger partial charge in [0, 0.05) is 74.9 Å². The normalized spacial score (nSPS) is 10.6. The van der Waals surface area contributed by atoms with Gasteiger partial charge in [-0.3, -0.25) is 0 Å². The highest BCUT2D eigenvalue weighted by atomic mass is 28.4. The smallest absolute Gasteiger partial charge is 0.417 e. The second-order valence-electron chi connectivity index (χ2n) is 25.7. The third kappa shape index (κ3) is 31.6. The molecule has 0 amide bonds. The number of benzene rings is 11. The Morgan fingerprint density at radius 1 is 0.290 bits per heavy atom. The molecule has 0 spiro atoms. The molecule has 0 aliphatic rings. The number of nitrogens with two attached hydrogens (primary N) is 13. The summed E-state index contributed by atoms with van der Waals surface area (Å²) in [6, 6.07) is 67.4. The largest absolute Gasteiger partial charge is 0.457 e. The Bertz CT molecular complexity index is 4120. The van der Waals surface area contributed by atoms with Crippen LogP contribution >= 0.6 is 0 Å². The first-order chi connectivity index (χ1) is 48.2. The zero-order chi connectivity index (χ0) is 76.6. The van der Waals surface area contributed by atoms with Gasteiger partial charge in [0.1, 0.15) is 11.5 Å². The molecule has 0 saturated heterocycles. The molecule has 576 valence electrons. The molecular formula is C84H113F6N13O2Si2. The lowest BCUT2D eigenvalue weighted by atomic mass is 9.94. The van der Waals surface area contributed by atoms with Gasteiger partial charge in [-0.1, -0.05) is 103 Å². The third-order valence-corrected chi connectivity index (χ3v) is 22.1. The Kier molecular flexibility index (Phi) is 37.5. The van der Waals surface area contributed by atoms with E-state index in [0.29, 0.717) is 24.5 Å². The molecule has 0 saturated carbocycles. The van der Waals surface area contributed by atoms with Gasteiger partial charge in [0.05, 0.1) is 11.1 Å². The van der Waals surface area contributed by atoms with Crippen molar-refractivity contribution in [1.29, 1.82) is 0 Å². The molecule has 11 aromatic carbocycles. The number of halogens is 6. The first-order valence-electron chi connectivity index (χ1n) is 32.6. The van der Waals surface area contributed by atoms with Gasteiger partial charge in [-0.05, 0) is 297 Å². The Morgan fingerprint density at radius 3 is 0.850 bits per heavy atom. The van der Waals surface area contributed by atoms with Crippen LogP contribution in [0.25, 0.3) is 33.4 Å². The fraction of sp³-hybridized carbons (Fsp3) is 0.214. The van der Waals surface area contributed by atoms with E-state index in [1.807, 2.05) is 110 Å². The molecule has 0 bridgehead atoms. The summed E-state index contributed by atoms with van der Waals surface area (Å²) in [5.41, 5.74) is 88.8. The van der Waals surface area contributed by atoms with Crippen LogP contribution in [0.1, 0.15) is 79.8 Å². The van der Waals surface area contributed by atoms with Crippen molar-refractivity contribution >= 4 is 79.2 Å². The van der Waals surface area contributed by atoms with Gasteiger partial charge in [-0.15, -0.1) is 0 Å². The van der Waals surface area contributed by atoms with Gasteiger partial charge in [-0.25, -0.2) is 0 Å². The topological polar surface area (TPSA) is 357 Å². The van der Waals surface area contributed by atoms with E-state index in [-0.39, 0.29) is 41.1 Å². The Morgan fingerprint density at radius 2 is 0.561 bits per heavy atom. The number of anilines is 11. The lowest BCUT2D eigenvalue weighted by Gasteiger charge is -2.31. The van der Waals surface area contributed by atoms with Gasteiger partial charge < -0.3 is 83.4 Å². The van der Waals surface area contributed by atoms with Crippen LogP contribution in [0.3, 0.4) is 0 Å². The van der Waals surface area contributed by atoms with E-state index in [2.05, 4.69) is 96.3 Å². The number of nitrogen functional groups attached to an aromatic ring is 11. The predicted molar refractivity (Wildman–Crippen MR) is 454 cm³/mol. The Labute approximate surface area is 632 Å². The average Bonchev–Trinajstić information content (AvgIpc) is 0.775. The minimum Gasteiger partial charge on any atom is -0.457 e. The van der Waals surface area contributed by atoms with Crippen molar-refractivity contribution in [1.82, 2.24) is 0 Å². The second-order valence-corrected chi connectivity index (χ2v) is 34.4. The van der Waals surface area contributed by atoms with Crippen molar-refractivity contribution in [2.45, 2.75) is 109 Å². The van der Waals surface area contributed by atoms with Gasteiger partial charge >= 0.3 is 12.4 Å². The van der Waals surface area contributed by atoms with Crippen molar-refractivity contribution < 1.29 is 35.2 Å². The van der Waals surface area contributed by atoms with Crippen LogP contribution in [0, 0.1) is 34.6 Å². The molecule has 0 atom stereocenters. The van der Waals surface area contributed by atoms with Crippen LogP contribution in [0.5, 0.6) is 11.5 Å². The minimum atomic E-state index is -4.84. The summed E-state index contributed by atoms with van der Waals surface area (Å²) in [6.07, 6.45) is -7.39. The van der Waals surface area contributed by atoms with Crippen LogP contribution in [0.4, 0.5) is 88.9 Å². The minimum absolute atomic E-state index is 0. The molecule has 11 aromatic rings. The van der Waals surface area contributed by atoms with Gasteiger partial charge in [-0.2, -0.15) is 26.3 Å². The fourth-order valence-electron chi connectivity index (χ4n) is 9.86. The molecule has 0 heterocycles. The van der Waals surface area contributed by atoms with Crippen molar-refractivity contribution in [3.8, 4) is 44.9 Å². The zero-order valence-corrected chi connectivity index (χ0v) is 61.7. The van der Waals surface area contributed by atoms with Crippen molar-refractivity contribution in [2.24, 2.45) is 11.5 Å². The maximum atomic E-state index is 13.1. The Hall–Kier alpha value is -11.1. The van der Waals surface area contributed by atoms with Crippen LogP contribution < -0.4 is 79.3 Å². The maximum absolute atomic E-state index is 13.1. The maximum Gasteiger partial charge on any atom is 0.417 e. The zero-order valence-electron chi connectivity index (χ0n) is 59.7. The highest BCUT2D eigenvalue weighted by Crippen LogP contribution is 2.44. The van der Waals surface area contributed by atoms with E-state index in [1.165, 1.54) is 55.6 Å². The van der Waals surface area contributed by atoms with Crippen molar-refractivity contribution in [3.63, 3.8) is 0 Å². The van der Waals surface area contributed by atoms with E-state index in [0.717, 1.165) is 98.9 Å². The number of rotatable bonds is 11. The SMILES string of the molecule is C.C.C.C.C[Si](C)(CN)O[Si](C)(C)CN.Cc1cc(N)ccc1-c1ccc(N)cc1C.Cc1ccc(-c2ccc(N)c(C)c2)cc1C.Nc1ccc(-c2ccc(N)cc2C(F)(F)F)c(C(F)(F)F)c1.Nc1ccc(Cc2ccc(N)cc2)cc1.Nc1ccc(N)cc1.Nc1ccc(Oc2ccc(N)cc2)cc1. The summed E-state index contributed by atoms with van der Waals surface area (Å²) < 4.78 is 89.9. The van der Waals surface area contributed by atoms with E-state index in [4.69, 9.17) is 83.4 Å². The number of hydrogen-bond donors (Lipinski definition) is 13.